The average Bonchev–Trinajstić information content (AvgIpc) is 2.83. The maximum absolute atomic E-state index is 12.5. The molecule has 1 amide bonds. The van der Waals surface area contributed by atoms with Crippen molar-refractivity contribution in [2.75, 3.05) is 19.7 Å². The molecule has 0 radical (unpaired) electrons. The number of amides is 1. The van der Waals surface area contributed by atoms with E-state index in [1.54, 1.807) is 4.90 Å². The van der Waals surface area contributed by atoms with E-state index >= 15 is 0 Å². The minimum Gasteiger partial charge on any atom is -0.466 e. The Labute approximate surface area is 142 Å². The van der Waals surface area contributed by atoms with Crippen LogP contribution in [0.5, 0.6) is 0 Å². The SMILES string of the molecule is CCOC(=O)C(C)(C)[C@]1([SiH2]CC)CCN(C(=O)OC(C)(C)C)C1. The number of hydrogen-bond donors (Lipinski definition) is 0. The lowest BCUT2D eigenvalue weighted by atomic mass is 9.77. The van der Waals surface area contributed by atoms with Gasteiger partial charge < -0.3 is 14.4 Å². The summed E-state index contributed by atoms with van der Waals surface area (Å²) in [7, 11) is -0.529. The van der Waals surface area contributed by atoms with Gasteiger partial charge in [-0.2, -0.15) is 0 Å². The highest BCUT2D eigenvalue weighted by Crippen LogP contribution is 2.53. The van der Waals surface area contributed by atoms with Crippen LogP contribution >= 0.6 is 0 Å². The standard InChI is InChI=1S/C17H33NO4Si/c1-8-21-13(19)16(6,7)17(23-9-2)10-11-18(12-17)14(20)22-15(3,4)5/h8-12,23H2,1-7H3/t17-/m0/s1. The summed E-state index contributed by atoms with van der Waals surface area (Å²) < 4.78 is 10.8. The number of hydrogen-bond acceptors (Lipinski definition) is 4. The van der Waals surface area contributed by atoms with E-state index in [4.69, 9.17) is 9.47 Å². The predicted molar refractivity (Wildman–Crippen MR) is 94.6 cm³/mol. The van der Waals surface area contributed by atoms with Gasteiger partial charge >= 0.3 is 12.1 Å². The largest absolute Gasteiger partial charge is 0.466 e. The molecule has 6 heteroatoms. The van der Waals surface area contributed by atoms with Crippen LogP contribution < -0.4 is 0 Å². The van der Waals surface area contributed by atoms with Crippen LogP contribution in [0.1, 0.15) is 54.9 Å². The normalized spacial score (nSPS) is 22.7. The lowest BCUT2D eigenvalue weighted by Crippen LogP contribution is -2.46. The third kappa shape index (κ3) is 4.49. The monoisotopic (exact) mass is 343 g/mol. The molecule has 0 spiro atoms. The van der Waals surface area contributed by atoms with Crippen LogP contribution in [0, 0.1) is 5.41 Å². The Bertz CT molecular complexity index is 444. The minimum atomic E-state index is -0.567. The van der Waals surface area contributed by atoms with Gasteiger partial charge in [0, 0.05) is 22.6 Å². The molecule has 0 saturated carbocycles. The molecule has 0 aromatic carbocycles. The molecular formula is C17H33NO4Si. The first-order valence-corrected chi connectivity index (χ1v) is 10.3. The van der Waals surface area contributed by atoms with Crippen LogP contribution in [-0.2, 0) is 14.3 Å². The molecule has 5 nitrogen and oxygen atoms in total. The van der Waals surface area contributed by atoms with Crippen LogP contribution in [0.25, 0.3) is 0 Å². The van der Waals surface area contributed by atoms with E-state index in [9.17, 15) is 9.59 Å². The zero-order chi connectivity index (χ0) is 17.9. The Hall–Kier alpha value is -1.04. The van der Waals surface area contributed by atoms with Crippen LogP contribution in [0.4, 0.5) is 4.79 Å². The number of carbonyl (C=O) groups is 2. The summed E-state index contributed by atoms with van der Waals surface area (Å²) in [6.45, 7) is 15.2. The van der Waals surface area contributed by atoms with Gasteiger partial charge in [-0.05, 0) is 53.0 Å². The lowest BCUT2D eigenvalue weighted by Gasteiger charge is -2.42. The molecule has 0 aromatic rings. The maximum Gasteiger partial charge on any atom is 0.410 e. The Morgan fingerprint density at radius 1 is 1.17 bits per heavy atom. The van der Waals surface area contributed by atoms with Crippen LogP contribution in [-0.4, -0.2) is 51.8 Å². The second kappa shape index (κ2) is 7.24. The van der Waals surface area contributed by atoms with Crippen molar-refractivity contribution in [3.63, 3.8) is 0 Å². The summed E-state index contributed by atoms with van der Waals surface area (Å²) in [5, 5.41) is -0.120. The van der Waals surface area contributed by atoms with Gasteiger partial charge in [0.25, 0.3) is 0 Å². The number of ether oxygens (including phenoxy) is 2. The molecule has 1 heterocycles. The van der Waals surface area contributed by atoms with E-state index in [0.717, 1.165) is 12.5 Å². The van der Waals surface area contributed by atoms with E-state index in [2.05, 4.69) is 6.92 Å². The zero-order valence-corrected chi connectivity index (χ0v) is 17.2. The van der Waals surface area contributed by atoms with Gasteiger partial charge in [-0.25, -0.2) is 4.79 Å². The molecule has 134 valence electrons. The second-order valence-corrected chi connectivity index (χ2v) is 10.9. The van der Waals surface area contributed by atoms with Crippen LogP contribution in [0.2, 0.25) is 11.1 Å². The van der Waals surface area contributed by atoms with E-state index < -0.39 is 20.5 Å². The first-order valence-electron chi connectivity index (χ1n) is 8.64. The number of nitrogens with zero attached hydrogens (tertiary/aromatic N) is 1. The minimum absolute atomic E-state index is 0.120. The van der Waals surface area contributed by atoms with Gasteiger partial charge in [-0.1, -0.05) is 13.0 Å². The first-order chi connectivity index (χ1) is 10.5. The van der Waals surface area contributed by atoms with Crippen LogP contribution in [0.3, 0.4) is 0 Å². The molecule has 1 aliphatic rings. The average molecular weight is 344 g/mol. The molecule has 0 unspecified atom stereocenters. The summed E-state index contributed by atoms with van der Waals surface area (Å²) in [6, 6.07) is 1.10. The molecule has 0 aliphatic carbocycles. The smallest absolute Gasteiger partial charge is 0.410 e. The zero-order valence-electron chi connectivity index (χ0n) is 15.8. The third-order valence-electron chi connectivity index (χ3n) is 4.85. The topological polar surface area (TPSA) is 55.8 Å². The third-order valence-corrected chi connectivity index (χ3v) is 7.76. The Morgan fingerprint density at radius 2 is 1.78 bits per heavy atom. The summed E-state index contributed by atoms with van der Waals surface area (Å²) >= 11 is 0. The number of likely N-dealkylation sites (tertiary alicyclic amines) is 1. The fraction of sp³-hybridized carbons (Fsp3) is 0.882. The molecule has 0 bridgehead atoms. The van der Waals surface area contributed by atoms with Crippen molar-refractivity contribution in [2.45, 2.75) is 71.6 Å². The van der Waals surface area contributed by atoms with Gasteiger partial charge in [0.1, 0.15) is 5.60 Å². The summed E-state index contributed by atoms with van der Waals surface area (Å²) in [6.07, 6.45) is 0.585. The second-order valence-electron chi connectivity index (χ2n) is 8.03. The molecule has 1 rings (SSSR count). The fourth-order valence-corrected chi connectivity index (χ4v) is 5.95. The van der Waals surface area contributed by atoms with E-state index in [1.165, 1.54) is 0 Å². The van der Waals surface area contributed by atoms with Crippen molar-refractivity contribution in [1.29, 1.82) is 0 Å². The Kier molecular flexibility index (Phi) is 6.30. The van der Waals surface area contributed by atoms with Gasteiger partial charge in [-0.15, -0.1) is 0 Å². The van der Waals surface area contributed by atoms with Crippen LogP contribution in [0.15, 0.2) is 0 Å². The molecule has 1 fully saturated rings. The number of rotatable bonds is 5. The molecule has 23 heavy (non-hydrogen) atoms. The maximum atomic E-state index is 12.5. The highest BCUT2D eigenvalue weighted by Gasteiger charge is 2.54. The number of esters is 1. The fourth-order valence-electron chi connectivity index (χ4n) is 3.39. The molecule has 1 saturated heterocycles. The molecule has 1 atom stereocenters. The van der Waals surface area contributed by atoms with Crippen molar-refractivity contribution in [3.05, 3.63) is 0 Å². The molecular weight excluding hydrogens is 310 g/mol. The first kappa shape index (κ1) is 20.0. The summed E-state index contributed by atoms with van der Waals surface area (Å²) in [5.74, 6) is -0.146. The molecule has 1 aliphatic heterocycles. The Morgan fingerprint density at radius 3 is 2.26 bits per heavy atom. The summed E-state index contributed by atoms with van der Waals surface area (Å²) in [4.78, 5) is 26.7. The number of carbonyl (C=O) groups excluding carboxylic acids is 2. The van der Waals surface area contributed by atoms with E-state index in [-0.39, 0.29) is 17.1 Å². The predicted octanol–water partition coefficient (Wildman–Crippen LogP) is 2.98. The van der Waals surface area contributed by atoms with Gasteiger partial charge in [0.05, 0.1) is 12.0 Å². The van der Waals surface area contributed by atoms with Crippen molar-refractivity contribution in [2.24, 2.45) is 5.41 Å². The van der Waals surface area contributed by atoms with Crippen molar-refractivity contribution in [3.8, 4) is 0 Å². The Balaban J connectivity index is 2.96. The van der Waals surface area contributed by atoms with Gasteiger partial charge in [-0.3, -0.25) is 4.79 Å². The quantitative estimate of drug-likeness (QED) is 0.569. The van der Waals surface area contributed by atoms with Gasteiger partial charge in [0.15, 0.2) is 0 Å². The highest BCUT2D eigenvalue weighted by molar-refractivity contribution is 6.41. The van der Waals surface area contributed by atoms with Gasteiger partial charge in [0.2, 0.25) is 0 Å². The van der Waals surface area contributed by atoms with E-state index in [1.807, 2.05) is 41.5 Å². The molecule has 0 aromatic heterocycles. The van der Waals surface area contributed by atoms with E-state index in [0.29, 0.717) is 19.7 Å². The summed E-state index contributed by atoms with van der Waals surface area (Å²) in [5.41, 5.74) is -1.07. The van der Waals surface area contributed by atoms with Crippen molar-refractivity contribution < 1.29 is 19.1 Å². The lowest BCUT2D eigenvalue weighted by molar-refractivity contribution is -0.155. The molecule has 0 N–H and O–H groups in total. The van der Waals surface area contributed by atoms with Crippen molar-refractivity contribution >= 4 is 21.6 Å². The highest BCUT2D eigenvalue weighted by atomic mass is 28.2. The van der Waals surface area contributed by atoms with Crippen molar-refractivity contribution in [1.82, 2.24) is 4.90 Å².